The fourth-order valence-corrected chi connectivity index (χ4v) is 1.35. The van der Waals surface area contributed by atoms with Crippen LogP contribution in [0.25, 0.3) is 0 Å². The van der Waals surface area contributed by atoms with Gasteiger partial charge in [0.15, 0.2) is 12.4 Å². The monoisotopic (exact) mass is 245 g/mol. The third-order valence-corrected chi connectivity index (χ3v) is 2.35. The van der Waals surface area contributed by atoms with Crippen molar-refractivity contribution < 1.29 is 22.7 Å². The molecule has 17 heavy (non-hydrogen) atoms. The van der Waals surface area contributed by atoms with Crippen molar-refractivity contribution >= 4 is 5.78 Å². The van der Waals surface area contributed by atoms with Gasteiger partial charge in [0.05, 0.1) is 0 Å². The summed E-state index contributed by atoms with van der Waals surface area (Å²) in [6, 6.07) is 2.72. The first kappa shape index (κ1) is 11.9. The fraction of sp³-hybridized carbons (Fsp3) is 0.455. The first-order chi connectivity index (χ1) is 7.96. The number of rotatable bonds is 4. The van der Waals surface area contributed by atoms with E-state index >= 15 is 0 Å². The highest BCUT2D eigenvalue weighted by atomic mass is 19.4. The second-order valence-electron chi connectivity index (χ2n) is 3.93. The molecule has 6 heteroatoms. The van der Waals surface area contributed by atoms with Crippen molar-refractivity contribution in [3.63, 3.8) is 0 Å². The van der Waals surface area contributed by atoms with Crippen LogP contribution in [0.3, 0.4) is 0 Å². The molecule has 1 aliphatic rings. The van der Waals surface area contributed by atoms with Gasteiger partial charge in [-0.3, -0.25) is 4.79 Å². The van der Waals surface area contributed by atoms with E-state index in [2.05, 4.69) is 9.72 Å². The van der Waals surface area contributed by atoms with E-state index in [4.69, 9.17) is 0 Å². The molecule has 0 aliphatic heterocycles. The molecule has 0 saturated heterocycles. The van der Waals surface area contributed by atoms with E-state index in [0.717, 1.165) is 12.8 Å². The highest BCUT2D eigenvalue weighted by molar-refractivity contribution is 5.99. The van der Waals surface area contributed by atoms with Crippen LogP contribution in [0.2, 0.25) is 0 Å². The molecule has 1 aromatic rings. The number of carbonyl (C=O) groups is 1. The molecule has 1 aromatic heterocycles. The Morgan fingerprint density at radius 2 is 2.12 bits per heavy atom. The smallest absolute Gasteiger partial charge is 0.422 e. The van der Waals surface area contributed by atoms with E-state index in [-0.39, 0.29) is 17.6 Å². The van der Waals surface area contributed by atoms with Gasteiger partial charge in [0, 0.05) is 23.7 Å². The van der Waals surface area contributed by atoms with Gasteiger partial charge >= 0.3 is 6.18 Å². The van der Waals surface area contributed by atoms with Crippen molar-refractivity contribution in [1.29, 1.82) is 0 Å². The van der Waals surface area contributed by atoms with Gasteiger partial charge < -0.3 is 4.74 Å². The van der Waals surface area contributed by atoms with Gasteiger partial charge in [-0.05, 0) is 18.9 Å². The van der Waals surface area contributed by atoms with E-state index in [1.165, 1.54) is 18.3 Å². The van der Waals surface area contributed by atoms with E-state index in [9.17, 15) is 18.0 Å². The largest absolute Gasteiger partial charge is 0.468 e. The second-order valence-corrected chi connectivity index (χ2v) is 3.93. The molecule has 1 heterocycles. The summed E-state index contributed by atoms with van der Waals surface area (Å²) in [5, 5.41) is 0. The van der Waals surface area contributed by atoms with E-state index in [0.29, 0.717) is 5.56 Å². The molecule has 0 amide bonds. The summed E-state index contributed by atoms with van der Waals surface area (Å²) in [4.78, 5) is 15.2. The second kappa shape index (κ2) is 4.35. The highest BCUT2D eigenvalue weighted by Gasteiger charge is 2.31. The molecule has 0 spiro atoms. The number of nitrogens with zero attached hydrogens (tertiary/aromatic N) is 1. The van der Waals surface area contributed by atoms with Crippen molar-refractivity contribution in [3.8, 4) is 5.88 Å². The molecule has 0 aromatic carbocycles. The first-order valence-corrected chi connectivity index (χ1v) is 5.15. The van der Waals surface area contributed by atoms with Crippen LogP contribution in [0.1, 0.15) is 23.2 Å². The molecule has 2 rings (SSSR count). The molecule has 1 saturated carbocycles. The average molecular weight is 245 g/mol. The highest BCUT2D eigenvalue weighted by Crippen LogP contribution is 2.32. The molecule has 0 atom stereocenters. The summed E-state index contributed by atoms with van der Waals surface area (Å²) in [5.41, 5.74) is 0.423. The maximum atomic E-state index is 11.9. The van der Waals surface area contributed by atoms with Crippen molar-refractivity contribution in [2.75, 3.05) is 6.61 Å². The first-order valence-electron chi connectivity index (χ1n) is 5.15. The number of hydrogen-bond acceptors (Lipinski definition) is 3. The topological polar surface area (TPSA) is 39.2 Å². The zero-order chi connectivity index (χ0) is 12.5. The fourth-order valence-electron chi connectivity index (χ4n) is 1.35. The van der Waals surface area contributed by atoms with Gasteiger partial charge in [-0.2, -0.15) is 13.2 Å². The summed E-state index contributed by atoms with van der Waals surface area (Å²) >= 11 is 0. The SMILES string of the molecule is O=C(c1ccc(OCC(F)(F)F)nc1)C1CC1. The number of aromatic nitrogens is 1. The minimum absolute atomic E-state index is 0.000119. The quantitative estimate of drug-likeness (QED) is 0.765. The molecule has 1 aliphatic carbocycles. The van der Waals surface area contributed by atoms with Crippen LogP contribution in [-0.2, 0) is 0 Å². The number of Topliss-reactive ketones (excluding diaryl/α,β-unsaturated/α-hetero) is 1. The number of hydrogen-bond donors (Lipinski definition) is 0. The predicted molar refractivity (Wildman–Crippen MR) is 52.8 cm³/mol. The molecular formula is C11H10F3NO2. The maximum Gasteiger partial charge on any atom is 0.422 e. The van der Waals surface area contributed by atoms with Crippen LogP contribution >= 0.6 is 0 Å². The van der Waals surface area contributed by atoms with Gasteiger partial charge in [0.25, 0.3) is 0 Å². The Hall–Kier alpha value is -1.59. The van der Waals surface area contributed by atoms with Gasteiger partial charge in [-0.1, -0.05) is 0 Å². The zero-order valence-corrected chi connectivity index (χ0v) is 8.83. The van der Waals surface area contributed by atoms with Gasteiger partial charge in [0.1, 0.15) is 0 Å². The number of halogens is 3. The summed E-state index contributed by atoms with van der Waals surface area (Å²) in [6.07, 6.45) is -1.37. The van der Waals surface area contributed by atoms with Crippen LogP contribution in [0, 0.1) is 5.92 Å². The normalized spacial score (nSPS) is 15.7. The number of pyridine rings is 1. The molecule has 0 radical (unpaired) electrons. The van der Waals surface area contributed by atoms with Crippen LogP contribution in [-0.4, -0.2) is 23.6 Å². The van der Waals surface area contributed by atoms with Crippen LogP contribution < -0.4 is 4.74 Å². The lowest BCUT2D eigenvalue weighted by Crippen LogP contribution is -2.19. The van der Waals surface area contributed by atoms with Gasteiger partial charge in [-0.25, -0.2) is 4.98 Å². The van der Waals surface area contributed by atoms with Crippen LogP contribution in [0.15, 0.2) is 18.3 Å². The molecule has 0 N–H and O–H groups in total. The Kier molecular flexibility index (Phi) is 3.04. The number of carbonyl (C=O) groups excluding carboxylic acids is 1. The lowest BCUT2D eigenvalue weighted by atomic mass is 10.1. The van der Waals surface area contributed by atoms with Crippen molar-refractivity contribution in [2.24, 2.45) is 5.92 Å². The Labute approximate surface area is 95.6 Å². The zero-order valence-electron chi connectivity index (χ0n) is 8.83. The number of ketones is 1. The number of ether oxygens (including phenoxy) is 1. The predicted octanol–water partition coefficient (Wildman–Crippen LogP) is 2.62. The Balaban J connectivity index is 1.95. The molecule has 0 bridgehead atoms. The molecule has 1 fully saturated rings. The average Bonchev–Trinajstić information content (AvgIpc) is 3.09. The van der Waals surface area contributed by atoms with E-state index < -0.39 is 12.8 Å². The van der Waals surface area contributed by atoms with E-state index in [1.807, 2.05) is 0 Å². The standard InChI is InChI=1S/C11H10F3NO2/c12-11(13,14)6-17-9-4-3-8(5-15-9)10(16)7-1-2-7/h3-5,7H,1-2,6H2. The third-order valence-electron chi connectivity index (χ3n) is 2.35. The van der Waals surface area contributed by atoms with Crippen LogP contribution in [0.5, 0.6) is 5.88 Å². The Morgan fingerprint density at radius 3 is 2.59 bits per heavy atom. The molecule has 0 unspecified atom stereocenters. The molecule has 3 nitrogen and oxygen atoms in total. The third kappa shape index (κ3) is 3.44. The molecule has 92 valence electrons. The van der Waals surface area contributed by atoms with Gasteiger partial charge in [0.2, 0.25) is 5.88 Å². The molecular weight excluding hydrogens is 235 g/mol. The lowest BCUT2D eigenvalue weighted by Gasteiger charge is -2.08. The summed E-state index contributed by atoms with van der Waals surface area (Å²) < 4.78 is 40.0. The minimum Gasteiger partial charge on any atom is -0.468 e. The summed E-state index contributed by atoms with van der Waals surface area (Å²) in [7, 11) is 0. The van der Waals surface area contributed by atoms with Gasteiger partial charge in [-0.15, -0.1) is 0 Å². The lowest BCUT2D eigenvalue weighted by molar-refractivity contribution is -0.154. The van der Waals surface area contributed by atoms with Crippen molar-refractivity contribution in [3.05, 3.63) is 23.9 Å². The van der Waals surface area contributed by atoms with E-state index in [1.54, 1.807) is 0 Å². The van der Waals surface area contributed by atoms with Crippen LogP contribution in [0.4, 0.5) is 13.2 Å². The van der Waals surface area contributed by atoms with Crippen molar-refractivity contribution in [2.45, 2.75) is 19.0 Å². The minimum atomic E-state index is -4.38. The Morgan fingerprint density at radius 1 is 1.41 bits per heavy atom. The van der Waals surface area contributed by atoms with Crippen molar-refractivity contribution in [1.82, 2.24) is 4.98 Å². The maximum absolute atomic E-state index is 11.9. The Bertz CT molecular complexity index is 410. The summed E-state index contributed by atoms with van der Waals surface area (Å²) in [5.74, 6) is -0.0618. The number of alkyl halides is 3. The summed E-state index contributed by atoms with van der Waals surface area (Å²) in [6.45, 7) is -1.38.